The quantitative estimate of drug-likeness (QED) is 0.744. The van der Waals surface area contributed by atoms with Crippen molar-refractivity contribution in [1.82, 2.24) is 0 Å². The molecule has 118 valence electrons. The fourth-order valence-electron chi connectivity index (χ4n) is 2.77. The summed E-state index contributed by atoms with van der Waals surface area (Å²) < 4.78 is 10.5. The molecule has 0 heterocycles. The van der Waals surface area contributed by atoms with Gasteiger partial charge in [0.25, 0.3) is 0 Å². The molecule has 2 heteroatoms. The van der Waals surface area contributed by atoms with Crippen LogP contribution in [0, 0.1) is 11.8 Å². The maximum atomic E-state index is 5.26. The molecule has 0 bridgehead atoms. The zero-order chi connectivity index (χ0) is 16.4. The molecule has 0 amide bonds. The minimum atomic E-state index is 0.626. The van der Waals surface area contributed by atoms with Crippen LogP contribution in [-0.2, 0) is 0 Å². The van der Waals surface area contributed by atoms with Crippen LogP contribution in [-0.4, -0.2) is 14.2 Å². The summed E-state index contributed by atoms with van der Waals surface area (Å²) in [6.07, 6.45) is 0. The van der Waals surface area contributed by atoms with Gasteiger partial charge in [0, 0.05) is 5.57 Å². The molecule has 0 aromatic heterocycles. The normalized spacial score (nSPS) is 19.0. The lowest BCUT2D eigenvalue weighted by atomic mass is 9.98. The van der Waals surface area contributed by atoms with Crippen molar-refractivity contribution in [2.24, 2.45) is 11.8 Å². The Bertz CT molecular complexity index is 688. The first-order chi connectivity index (χ1) is 11.1. The van der Waals surface area contributed by atoms with Gasteiger partial charge in [0.2, 0.25) is 0 Å². The Balaban J connectivity index is 2.08. The summed E-state index contributed by atoms with van der Waals surface area (Å²) in [6, 6.07) is 16.3. The third-order valence-electron chi connectivity index (χ3n) is 4.65. The summed E-state index contributed by atoms with van der Waals surface area (Å²) in [4.78, 5) is 0. The predicted octanol–water partition coefficient (Wildman–Crippen LogP) is 4.95. The van der Waals surface area contributed by atoms with Gasteiger partial charge in [-0.1, -0.05) is 38.1 Å². The van der Waals surface area contributed by atoms with Crippen LogP contribution in [0.2, 0.25) is 0 Å². The van der Waals surface area contributed by atoms with E-state index in [4.69, 9.17) is 9.47 Å². The number of methoxy groups -OCH3 is 2. The largest absolute Gasteiger partial charge is 0.497 e. The third kappa shape index (κ3) is 3.18. The van der Waals surface area contributed by atoms with Crippen LogP contribution < -0.4 is 9.47 Å². The first-order valence-electron chi connectivity index (χ1n) is 7.93. The zero-order valence-electron chi connectivity index (χ0n) is 14.1. The molecule has 0 aliphatic heterocycles. The minimum Gasteiger partial charge on any atom is -0.497 e. The highest BCUT2D eigenvalue weighted by atomic mass is 16.5. The fraction of sp³-hybridized carbons (Fsp3) is 0.286. The number of hydrogen-bond acceptors (Lipinski definition) is 2. The van der Waals surface area contributed by atoms with E-state index >= 15 is 0 Å². The molecule has 2 nitrogen and oxygen atoms in total. The van der Waals surface area contributed by atoms with Crippen LogP contribution >= 0.6 is 0 Å². The van der Waals surface area contributed by atoms with Crippen LogP contribution in [0.25, 0.3) is 5.57 Å². The fourth-order valence-corrected chi connectivity index (χ4v) is 2.77. The van der Waals surface area contributed by atoms with Crippen LogP contribution in [0.3, 0.4) is 0 Å². The van der Waals surface area contributed by atoms with Crippen molar-refractivity contribution in [1.29, 1.82) is 0 Å². The summed E-state index contributed by atoms with van der Waals surface area (Å²) in [6.45, 7) is 4.51. The number of benzene rings is 2. The first-order valence-corrected chi connectivity index (χ1v) is 7.93. The van der Waals surface area contributed by atoms with Gasteiger partial charge in [0.15, 0.2) is 0 Å². The minimum absolute atomic E-state index is 0.626. The monoisotopic (exact) mass is 306 g/mol. The van der Waals surface area contributed by atoms with Gasteiger partial charge < -0.3 is 9.47 Å². The van der Waals surface area contributed by atoms with E-state index in [9.17, 15) is 0 Å². The van der Waals surface area contributed by atoms with Crippen molar-refractivity contribution in [2.75, 3.05) is 14.2 Å². The molecule has 0 radical (unpaired) electrons. The Kier molecular flexibility index (Phi) is 4.27. The van der Waals surface area contributed by atoms with Crippen molar-refractivity contribution in [3.8, 4) is 11.5 Å². The highest BCUT2D eigenvalue weighted by Gasteiger charge is 2.35. The third-order valence-corrected chi connectivity index (χ3v) is 4.65. The second-order valence-electron chi connectivity index (χ2n) is 5.99. The van der Waals surface area contributed by atoms with Gasteiger partial charge in [-0.25, -0.2) is 0 Å². The molecule has 0 unspecified atom stereocenters. The zero-order valence-corrected chi connectivity index (χ0v) is 14.1. The standard InChI is InChI=1S/C21H22O2/c1-14-15(2)20(14)13-21(16-5-9-18(22-3)10-6-16)17-7-11-19(23-4)12-8-17/h5-12,14-15H,1-4H3/t14-,15-/m1/s1. The van der Waals surface area contributed by atoms with Crippen molar-refractivity contribution in [3.63, 3.8) is 0 Å². The van der Waals surface area contributed by atoms with E-state index in [0.29, 0.717) is 11.8 Å². The Hall–Kier alpha value is -2.44. The molecule has 1 saturated carbocycles. The van der Waals surface area contributed by atoms with Crippen molar-refractivity contribution in [2.45, 2.75) is 13.8 Å². The van der Waals surface area contributed by atoms with Gasteiger partial charge in [-0.15, -0.1) is 5.73 Å². The lowest BCUT2D eigenvalue weighted by Gasteiger charge is -2.08. The first kappa shape index (κ1) is 15.5. The Labute approximate surface area is 138 Å². The van der Waals surface area contributed by atoms with Crippen molar-refractivity contribution < 1.29 is 9.47 Å². The maximum absolute atomic E-state index is 5.26. The van der Waals surface area contributed by atoms with Gasteiger partial charge in [-0.05, 0) is 52.8 Å². The van der Waals surface area contributed by atoms with E-state index in [1.165, 1.54) is 5.57 Å². The molecule has 2 atom stereocenters. The van der Waals surface area contributed by atoms with Crippen molar-refractivity contribution >= 4 is 5.57 Å². The van der Waals surface area contributed by atoms with Crippen molar-refractivity contribution in [3.05, 3.63) is 71.0 Å². The predicted molar refractivity (Wildman–Crippen MR) is 93.9 cm³/mol. The molecule has 0 spiro atoms. The molecule has 1 fully saturated rings. The molecule has 2 aromatic rings. The number of hydrogen-bond donors (Lipinski definition) is 0. The van der Waals surface area contributed by atoms with E-state index in [0.717, 1.165) is 28.2 Å². The molecule has 23 heavy (non-hydrogen) atoms. The van der Waals surface area contributed by atoms with E-state index in [1.54, 1.807) is 14.2 Å². The lowest BCUT2D eigenvalue weighted by molar-refractivity contribution is 0.414. The van der Waals surface area contributed by atoms with E-state index in [1.807, 2.05) is 24.3 Å². The smallest absolute Gasteiger partial charge is 0.118 e. The summed E-state index contributed by atoms with van der Waals surface area (Å²) in [5.41, 5.74) is 8.47. The lowest BCUT2D eigenvalue weighted by Crippen LogP contribution is -1.89. The Morgan fingerprint density at radius 2 is 1.13 bits per heavy atom. The van der Waals surface area contributed by atoms with Gasteiger partial charge in [-0.2, -0.15) is 0 Å². The molecule has 0 N–H and O–H groups in total. The second kappa shape index (κ2) is 6.36. The van der Waals surface area contributed by atoms with E-state index in [2.05, 4.69) is 43.8 Å². The molecule has 1 aliphatic carbocycles. The molecule has 3 rings (SSSR count). The van der Waals surface area contributed by atoms with Crippen LogP contribution in [0.5, 0.6) is 11.5 Å². The molecular formula is C21H22O2. The van der Waals surface area contributed by atoms with Gasteiger partial charge in [0.05, 0.1) is 14.2 Å². The SMILES string of the molecule is COc1ccc(C(=C=C2[C@H](C)[C@H]2C)c2ccc(OC)cc2)cc1. The Morgan fingerprint density at radius 1 is 0.739 bits per heavy atom. The molecular weight excluding hydrogens is 284 g/mol. The molecule has 0 saturated heterocycles. The maximum Gasteiger partial charge on any atom is 0.118 e. The Morgan fingerprint density at radius 3 is 1.43 bits per heavy atom. The second-order valence-corrected chi connectivity index (χ2v) is 5.99. The van der Waals surface area contributed by atoms with Crippen LogP contribution in [0.15, 0.2) is 59.8 Å². The van der Waals surface area contributed by atoms with Gasteiger partial charge in [0.1, 0.15) is 11.5 Å². The van der Waals surface area contributed by atoms with Gasteiger partial charge in [-0.3, -0.25) is 0 Å². The summed E-state index contributed by atoms with van der Waals surface area (Å²) in [7, 11) is 3.37. The highest BCUT2D eigenvalue weighted by Crippen LogP contribution is 2.44. The van der Waals surface area contributed by atoms with E-state index in [-0.39, 0.29) is 0 Å². The number of ether oxygens (including phenoxy) is 2. The topological polar surface area (TPSA) is 18.5 Å². The molecule has 2 aromatic carbocycles. The summed E-state index contributed by atoms with van der Waals surface area (Å²) in [5, 5.41) is 0. The van der Waals surface area contributed by atoms with Crippen LogP contribution in [0.4, 0.5) is 0 Å². The number of rotatable bonds is 4. The number of allylic oxidation sites excluding steroid dienone is 1. The van der Waals surface area contributed by atoms with E-state index < -0.39 is 0 Å². The van der Waals surface area contributed by atoms with Gasteiger partial charge >= 0.3 is 0 Å². The highest BCUT2D eigenvalue weighted by molar-refractivity contribution is 5.80. The van der Waals surface area contributed by atoms with Crippen LogP contribution in [0.1, 0.15) is 25.0 Å². The summed E-state index contributed by atoms with van der Waals surface area (Å²) >= 11 is 0. The average molecular weight is 306 g/mol. The average Bonchev–Trinajstić information content (AvgIpc) is 3.18. The molecule has 1 aliphatic rings. The summed E-state index contributed by atoms with van der Waals surface area (Å²) in [5.74, 6) is 2.98.